The van der Waals surface area contributed by atoms with Gasteiger partial charge in [-0.25, -0.2) is 0 Å². The molecule has 6 heteroatoms. The standard InChI is InChI=1S/C20H28F2N2O2/c21-20(22)26-17-10-8-15(9-11-17)13-23-19(25)14-24-12-4-7-18(24)16-5-2-1-3-6-16/h8-11,16,18,20H,1-7,12-14H2,(H,23,25)/t18-/m1/s1. The topological polar surface area (TPSA) is 41.6 Å². The molecule has 144 valence electrons. The maximum Gasteiger partial charge on any atom is 0.387 e. The lowest BCUT2D eigenvalue weighted by molar-refractivity contribution is -0.122. The van der Waals surface area contributed by atoms with E-state index in [9.17, 15) is 13.6 Å². The highest BCUT2D eigenvalue weighted by Gasteiger charge is 2.33. The van der Waals surface area contributed by atoms with Gasteiger partial charge in [0.05, 0.1) is 6.54 Å². The Balaban J connectivity index is 1.44. The molecule has 0 bridgehead atoms. The molecule has 0 unspecified atom stereocenters. The van der Waals surface area contributed by atoms with Gasteiger partial charge in [-0.2, -0.15) is 8.78 Å². The maximum atomic E-state index is 12.3. The van der Waals surface area contributed by atoms with E-state index in [-0.39, 0.29) is 11.7 Å². The van der Waals surface area contributed by atoms with Gasteiger partial charge in [0.2, 0.25) is 5.91 Å². The van der Waals surface area contributed by atoms with Crippen LogP contribution in [0.5, 0.6) is 5.75 Å². The number of benzene rings is 1. The lowest BCUT2D eigenvalue weighted by atomic mass is 9.83. The van der Waals surface area contributed by atoms with Gasteiger partial charge in [0.1, 0.15) is 5.75 Å². The first-order chi connectivity index (χ1) is 12.6. The molecule has 1 aromatic rings. The Labute approximate surface area is 153 Å². The van der Waals surface area contributed by atoms with Gasteiger partial charge in [0.15, 0.2) is 0 Å². The highest BCUT2D eigenvalue weighted by Crippen LogP contribution is 2.34. The zero-order valence-corrected chi connectivity index (χ0v) is 15.1. The van der Waals surface area contributed by atoms with E-state index in [0.29, 0.717) is 19.1 Å². The minimum Gasteiger partial charge on any atom is -0.435 e. The first-order valence-corrected chi connectivity index (χ1v) is 9.66. The van der Waals surface area contributed by atoms with Gasteiger partial charge in [0.25, 0.3) is 0 Å². The van der Waals surface area contributed by atoms with Gasteiger partial charge in [-0.3, -0.25) is 9.69 Å². The summed E-state index contributed by atoms with van der Waals surface area (Å²) in [5, 5.41) is 2.94. The number of hydrogen-bond donors (Lipinski definition) is 1. The number of likely N-dealkylation sites (tertiary alicyclic amines) is 1. The Hall–Kier alpha value is -1.69. The number of halogens is 2. The summed E-state index contributed by atoms with van der Waals surface area (Å²) in [6.45, 7) is -0.962. The minimum absolute atomic E-state index is 0.0283. The highest BCUT2D eigenvalue weighted by molar-refractivity contribution is 5.78. The summed E-state index contributed by atoms with van der Waals surface area (Å²) in [4.78, 5) is 14.7. The van der Waals surface area contributed by atoms with E-state index in [0.717, 1.165) is 18.0 Å². The van der Waals surface area contributed by atoms with Crippen molar-refractivity contribution < 1.29 is 18.3 Å². The normalized spacial score (nSPS) is 21.9. The third-order valence-electron chi connectivity index (χ3n) is 5.59. The molecule has 1 amide bonds. The summed E-state index contributed by atoms with van der Waals surface area (Å²) >= 11 is 0. The van der Waals surface area contributed by atoms with Crippen LogP contribution in [0.15, 0.2) is 24.3 Å². The molecule has 1 aliphatic carbocycles. The number of alkyl halides is 2. The number of rotatable bonds is 7. The Bertz CT molecular complexity index is 574. The second-order valence-corrected chi connectivity index (χ2v) is 7.38. The second kappa shape index (κ2) is 9.31. The fourth-order valence-corrected chi connectivity index (χ4v) is 4.33. The third kappa shape index (κ3) is 5.40. The summed E-state index contributed by atoms with van der Waals surface area (Å²) < 4.78 is 28.6. The van der Waals surface area contributed by atoms with E-state index < -0.39 is 6.61 Å². The highest BCUT2D eigenvalue weighted by atomic mass is 19.3. The SMILES string of the molecule is O=C(CN1CCC[C@@H]1C1CCCCC1)NCc1ccc(OC(F)F)cc1. The van der Waals surface area contributed by atoms with Crippen LogP contribution in [0.1, 0.15) is 50.5 Å². The molecule has 26 heavy (non-hydrogen) atoms. The van der Waals surface area contributed by atoms with Crippen LogP contribution in [0, 0.1) is 5.92 Å². The number of hydrogen-bond acceptors (Lipinski definition) is 3. The van der Waals surface area contributed by atoms with Crippen LogP contribution in [0.25, 0.3) is 0 Å². The molecule has 0 spiro atoms. The number of nitrogens with zero attached hydrogens (tertiary/aromatic N) is 1. The van der Waals surface area contributed by atoms with E-state index in [4.69, 9.17) is 0 Å². The molecule has 2 aliphatic rings. The predicted molar refractivity (Wildman–Crippen MR) is 96.1 cm³/mol. The average molecular weight is 366 g/mol. The van der Waals surface area contributed by atoms with Crippen molar-refractivity contribution in [3.05, 3.63) is 29.8 Å². The summed E-state index contributed by atoms with van der Waals surface area (Å²) in [5.74, 6) is 0.907. The average Bonchev–Trinajstić information content (AvgIpc) is 3.09. The summed E-state index contributed by atoms with van der Waals surface area (Å²) in [6.07, 6.45) is 9.00. The largest absolute Gasteiger partial charge is 0.435 e. The number of nitrogens with one attached hydrogen (secondary N) is 1. The van der Waals surface area contributed by atoms with Crippen molar-refractivity contribution in [1.82, 2.24) is 10.2 Å². The molecule has 4 nitrogen and oxygen atoms in total. The molecule has 0 aromatic heterocycles. The van der Waals surface area contributed by atoms with Crippen molar-refractivity contribution in [1.29, 1.82) is 0 Å². The number of amides is 1. The third-order valence-corrected chi connectivity index (χ3v) is 5.59. The van der Waals surface area contributed by atoms with E-state index in [2.05, 4.69) is 15.0 Å². The van der Waals surface area contributed by atoms with Crippen molar-refractivity contribution in [2.45, 2.75) is 64.1 Å². The monoisotopic (exact) mass is 366 g/mol. The lowest BCUT2D eigenvalue weighted by Gasteiger charge is -2.33. The fourth-order valence-electron chi connectivity index (χ4n) is 4.33. The van der Waals surface area contributed by atoms with Crippen molar-refractivity contribution in [2.75, 3.05) is 13.1 Å². The minimum atomic E-state index is -2.82. The summed E-state index contributed by atoms with van der Waals surface area (Å²) in [6, 6.07) is 6.93. The van der Waals surface area contributed by atoms with Gasteiger partial charge in [-0.1, -0.05) is 31.4 Å². The van der Waals surface area contributed by atoms with Crippen LogP contribution in [0.4, 0.5) is 8.78 Å². The van der Waals surface area contributed by atoms with Crippen LogP contribution in [-0.2, 0) is 11.3 Å². The first kappa shape index (κ1) is 19.1. The van der Waals surface area contributed by atoms with Gasteiger partial charge < -0.3 is 10.1 Å². The quantitative estimate of drug-likeness (QED) is 0.794. The van der Waals surface area contributed by atoms with Gasteiger partial charge in [0, 0.05) is 12.6 Å². The van der Waals surface area contributed by atoms with Crippen LogP contribution < -0.4 is 10.1 Å². The molecular weight excluding hydrogens is 338 g/mol. The molecule has 1 aliphatic heterocycles. The molecule has 1 saturated heterocycles. The molecule has 0 radical (unpaired) electrons. The lowest BCUT2D eigenvalue weighted by Crippen LogP contribution is -2.43. The second-order valence-electron chi connectivity index (χ2n) is 7.38. The Morgan fingerprint density at radius 2 is 1.85 bits per heavy atom. The van der Waals surface area contributed by atoms with E-state index in [1.807, 2.05) is 0 Å². The number of ether oxygens (including phenoxy) is 1. The van der Waals surface area contributed by atoms with Crippen molar-refractivity contribution in [3.63, 3.8) is 0 Å². The van der Waals surface area contributed by atoms with Crippen molar-refractivity contribution in [2.24, 2.45) is 5.92 Å². The zero-order valence-electron chi connectivity index (χ0n) is 15.1. The Morgan fingerprint density at radius 1 is 1.12 bits per heavy atom. The maximum absolute atomic E-state index is 12.3. The molecule has 1 atom stereocenters. The van der Waals surface area contributed by atoms with Gasteiger partial charge >= 0.3 is 6.61 Å². The van der Waals surface area contributed by atoms with Crippen LogP contribution >= 0.6 is 0 Å². The Morgan fingerprint density at radius 3 is 2.54 bits per heavy atom. The summed E-state index contributed by atoms with van der Waals surface area (Å²) in [7, 11) is 0. The molecular formula is C20H28F2N2O2. The first-order valence-electron chi connectivity index (χ1n) is 9.66. The van der Waals surface area contributed by atoms with E-state index in [1.54, 1.807) is 12.1 Å². The molecule has 1 aromatic carbocycles. The van der Waals surface area contributed by atoms with Crippen molar-refractivity contribution >= 4 is 5.91 Å². The Kier molecular flexibility index (Phi) is 6.83. The van der Waals surface area contributed by atoms with Gasteiger partial charge in [-0.15, -0.1) is 0 Å². The summed E-state index contributed by atoms with van der Waals surface area (Å²) in [5.41, 5.74) is 0.866. The predicted octanol–water partition coefficient (Wildman–Crippen LogP) is 3.95. The number of carbonyl (C=O) groups is 1. The van der Waals surface area contributed by atoms with E-state index in [1.165, 1.54) is 57.1 Å². The van der Waals surface area contributed by atoms with Crippen LogP contribution in [0.3, 0.4) is 0 Å². The zero-order chi connectivity index (χ0) is 18.4. The molecule has 3 rings (SSSR count). The van der Waals surface area contributed by atoms with Crippen LogP contribution in [0.2, 0.25) is 0 Å². The van der Waals surface area contributed by atoms with Gasteiger partial charge in [-0.05, 0) is 55.8 Å². The molecule has 1 N–H and O–H groups in total. The smallest absolute Gasteiger partial charge is 0.387 e. The van der Waals surface area contributed by atoms with Crippen LogP contribution in [-0.4, -0.2) is 36.5 Å². The molecule has 1 saturated carbocycles. The van der Waals surface area contributed by atoms with E-state index >= 15 is 0 Å². The molecule has 2 fully saturated rings. The number of carbonyl (C=O) groups excluding carboxylic acids is 1. The van der Waals surface area contributed by atoms with Crippen molar-refractivity contribution in [3.8, 4) is 5.75 Å². The molecule has 1 heterocycles. The fraction of sp³-hybridized carbons (Fsp3) is 0.650.